The summed E-state index contributed by atoms with van der Waals surface area (Å²) in [5, 5.41) is 10.7. The molecule has 2 aromatic heterocycles. The number of rotatable bonds is 5. The van der Waals surface area contributed by atoms with Gasteiger partial charge in [-0.1, -0.05) is 18.2 Å². The van der Waals surface area contributed by atoms with Crippen LogP contribution in [0.15, 0.2) is 47.4 Å². The number of aromatic nitrogens is 2. The van der Waals surface area contributed by atoms with Crippen molar-refractivity contribution in [3.05, 3.63) is 75.5 Å². The number of anilines is 1. The zero-order valence-corrected chi connectivity index (χ0v) is 19.3. The zero-order valence-electron chi connectivity index (χ0n) is 19.3. The predicted octanol–water partition coefficient (Wildman–Crippen LogP) is 3.97. The molecule has 0 amide bonds. The molecule has 1 saturated heterocycles. The summed E-state index contributed by atoms with van der Waals surface area (Å²) in [5.41, 5.74) is 3.59. The number of nitrogens with zero attached hydrogens (tertiary/aromatic N) is 3. The Morgan fingerprint density at radius 3 is 2.56 bits per heavy atom. The first kappa shape index (κ1) is 22.2. The summed E-state index contributed by atoms with van der Waals surface area (Å²) in [6.45, 7) is 8.16. The largest absolute Gasteiger partial charge is 0.477 e. The third-order valence-corrected chi connectivity index (χ3v) is 6.84. The first-order valence-electron chi connectivity index (χ1n) is 11.5. The van der Waals surface area contributed by atoms with E-state index in [9.17, 15) is 14.7 Å². The van der Waals surface area contributed by atoms with Crippen molar-refractivity contribution in [3.63, 3.8) is 0 Å². The lowest BCUT2D eigenvalue weighted by Crippen LogP contribution is -2.46. The first-order chi connectivity index (χ1) is 16.4. The molecule has 0 unspecified atom stereocenters. The first-order valence-corrected chi connectivity index (χ1v) is 11.5. The molecule has 176 valence electrons. The van der Waals surface area contributed by atoms with Gasteiger partial charge in [-0.05, 0) is 37.6 Å². The van der Waals surface area contributed by atoms with E-state index in [1.807, 2.05) is 17.9 Å². The number of aromatic carboxylic acids is 1. The Bertz CT molecular complexity index is 1460. The number of aromatic amines is 1. The number of carboxylic acids is 1. The van der Waals surface area contributed by atoms with Crippen LogP contribution in [0.4, 0.5) is 10.1 Å². The van der Waals surface area contributed by atoms with E-state index in [1.54, 1.807) is 10.6 Å². The van der Waals surface area contributed by atoms with Crippen LogP contribution in [0.3, 0.4) is 0 Å². The number of pyridine rings is 1. The molecular weight excluding hydrogens is 435 g/mol. The third-order valence-electron chi connectivity index (χ3n) is 6.84. The second-order valence-corrected chi connectivity index (χ2v) is 8.82. The van der Waals surface area contributed by atoms with Crippen molar-refractivity contribution in [1.82, 2.24) is 14.5 Å². The van der Waals surface area contributed by atoms with Gasteiger partial charge < -0.3 is 19.6 Å². The van der Waals surface area contributed by atoms with E-state index in [0.717, 1.165) is 25.2 Å². The summed E-state index contributed by atoms with van der Waals surface area (Å²) >= 11 is 0. The van der Waals surface area contributed by atoms with Crippen LogP contribution < -0.4 is 10.3 Å². The molecule has 34 heavy (non-hydrogen) atoms. The minimum absolute atomic E-state index is 0.0939. The Balaban J connectivity index is 1.40. The Kier molecular flexibility index (Phi) is 5.61. The minimum Gasteiger partial charge on any atom is -0.477 e. The van der Waals surface area contributed by atoms with Gasteiger partial charge in [0.05, 0.1) is 11.2 Å². The molecule has 2 aromatic carbocycles. The average Bonchev–Trinajstić information content (AvgIpc) is 3.14. The van der Waals surface area contributed by atoms with Crippen molar-refractivity contribution in [2.45, 2.75) is 26.9 Å². The van der Waals surface area contributed by atoms with Crippen LogP contribution in [0.2, 0.25) is 0 Å². The van der Waals surface area contributed by atoms with Gasteiger partial charge >= 0.3 is 5.97 Å². The molecule has 2 N–H and O–H groups in total. The van der Waals surface area contributed by atoms with Crippen LogP contribution in [-0.2, 0) is 13.1 Å². The van der Waals surface area contributed by atoms with Crippen LogP contribution in [0.1, 0.15) is 28.5 Å². The molecular formula is C26H27FN4O3. The summed E-state index contributed by atoms with van der Waals surface area (Å²) in [4.78, 5) is 31.9. The number of H-pyrrole nitrogens is 1. The van der Waals surface area contributed by atoms with E-state index in [4.69, 9.17) is 0 Å². The van der Waals surface area contributed by atoms with Crippen molar-refractivity contribution < 1.29 is 14.3 Å². The Hall–Kier alpha value is -3.65. The van der Waals surface area contributed by atoms with Crippen LogP contribution >= 0.6 is 0 Å². The van der Waals surface area contributed by atoms with E-state index < -0.39 is 17.2 Å². The van der Waals surface area contributed by atoms with Crippen molar-refractivity contribution in [3.8, 4) is 0 Å². The van der Waals surface area contributed by atoms with Gasteiger partial charge in [0.2, 0.25) is 5.43 Å². The van der Waals surface area contributed by atoms with Crippen LogP contribution in [0.25, 0.3) is 21.8 Å². The number of piperazine rings is 1. The molecule has 4 aromatic rings. The number of halogens is 1. The van der Waals surface area contributed by atoms with Gasteiger partial charge in [0, 0.05) is 67.4 Å². The summed E-state index contributed by atoms with van der Waals surface area (Å²) in [5.74, 6) is -1.81. The normalized spacial score (nSPS) is 14.9. The SMILES string of the molecule is CCn1cc(C(=O)O)c(=O)c2cc(F)c(N3CCN(Cc4c(C)[nH]c5ccccc45)CC3)cc21. The molecule has 0 atom stereocenters. The summed E-state index contributed by atoms with van der Waals surface area (Å²) < 4.78 is 16.8. The Morgan fingerprint density at radius 2 is 1.85 bits per heavy atom. The molecule has 0 aliphatic carbocycles. The maximum Gasteiger partial charge on any atom is 0.341 e. The maximum atomic E-state index is 15.1. The van der Waals surface area contributed by atoms with Crippen molar-refractivity contribution in [1.29, 1.82) is 0 Å². The number of aryl methyl sites for hydroxylation is 2. The number of nitrogens with one attached hydrogen (secondary N) is 1. The molecule has 1 aliphatic rings. The maximum absolute atomic E-state index is 15.1. The zero-order chi connectivity index (χ0) is 24.0. The number of fused-ring (bicyclic) bond motifs is 2. The lowest BCUT2D eigenvalue weighted by atomic mass is 10.1. The van der Waals surface area contributed by atoms with Crippen molar-refractivity contribution >= 4 is 33.5 Å². The van der Waals surface area contributed by atoms with E-state index in [0.29, 0.717) is 30.8 Å². The highest BCUT2D eigenvalue weighted by Crippen LogP contribution is 2.28. The highest BCUT2D eigenvalue weighted by molar-refractivity contribution is 5.93. The van der Waals surface area contributed by atoms with Crippen LogP contribution in [0, 0.1) is 12.7 Å². The number of carbonyl (C=O) groups is 1. The fourth-order valence-corrected chi connectivity index (χ4v) is 4.96. The molecule has 0 bridgehead atoms. The Labute approximate surface area is 196 Å². The lowest BCUT2D eigenvalue weighted by molar-refractivity contribution is 0.0695. The van der Waals surface area contributed by atoms with Crippen LogP contribution in [0.5, 0.6) is 0 Å². The van der Waals surface area contributed by atoms with Crippen LogP contribution in [-0.4, -0.2) is 51.7 Å². The standard InChI is InChI=1S/C26H27FN4O3/c1-3-30-15-20(26(33)34)25(32)18-12-21(27)24(13-23(18)30)31-10-8-29(9-11-31)14-19-16(2)28-22-7-5-4-6-17(19)22/h4-7,12-13,15,28H,3,8-11,14H2,1-2H3,(H,33,34). The van der Waals surface area contributed by atoms with Gasteiger partial charge in [-0.25, -0.2) is 9.18 Å². The quantitative estimate of drug-likeness (QED) is 0.469. The minimum atomic E-state index is -1.31. The molecule has 8 heteroatoms. The van der Waals surface area contributed by atoms with Gasteiger partial charge in [-0.2, -0.15) is 0 Å². The molecule has 7 nitrogen and oxygen atoms in total. The van der Waals surface area contributed by atoms with E-state index >= 15 is 4.39 Å². The lowest BCUT2D eigenvalue weighted by Gasteiger charge is -2.36. The second kappa shape index (κ2) is 8.61. The van der Waals surface area contributed by atoms with Gasteiger partial charge in [0.25, 0.3) is 0 Å². The number of para-hydroxylation sites is 1. The summed E-state index contributed by atoms with van der Waals surface area (Å²) in [7, 11) is 0. The molecule has 0 saturated carbocycles. The number of benzene rings is 2. The van der Waals surface area contributed by atoms with Gasteiger partial charge in [0.15, 0.2) is 0 Å². The highest BCUT2D eigenvalue weighted by atomic mass is 19.1. The molecule has 3 heterocycles. The number of hydrogen-bond acceptors (Lipinski definition) is 4. The van der Waals surface area contributed by atoms with Gasteiger partial charge in [-0.15, -0.1) is 0 Å². The summed E-state index contributed by atoms with van der Waals surface area (Å²) in [6.07, 6.45) is 1.34. The Morgan fingerprint density at radius 1 is 1.12 bits per heavy atom. The molecule has 1 aliphatic heterocycles. The van der Waals surface area contributed by atoms with Gasteiger partial charge in [0.1, 0.15) is 11.4 Å². The molecule has 0 radical (unpaired) electrons. The number of carboxylic acid groups (broad SMARTS) is 1. The highest BCUT2D eigenvalue weighted by Gasteiger charge is 2.23. The number of hydrogen-bond donors (Lipinski definition) is 2. The molecule has 1 fully saturated rings. The van der Waals surface area contributed by atoms with Crippen molar-refractivity contribution in [2.75, 3.05) is 31.1 Å². The van der Waals surface area contributed by atoms with E-state index in [1.165, 1.54) is 28.9 Å². The van der Waals surface area contributed by atoms with Crippen molar-refractivity contribution in [2.24, 2.45) is 0 Å². The third kappa shape index (κ3) is 3.74. The van der Waals surface area contributed by atoms with E-state index in [-0.39, 0.29) is 10.9 Å². The smallest absolute Gasteiger partial charge is 0.341 e. The topological polar surface area (TPSA) is 81.6 Å². The van der Waals surface area contributed by atoms with Gasteiger partial charge in [-0.3, -0.25) is 9.69 Å². The monoisotopic (exact) mass is 462 g/mol. The fraction of sp³-hybridized carbons (Fsp3) is 0.308. The second-order valence-electron chi connectivity index (χ2n) is 8.82. The predicted molar refractivity (Wildman–Crippen MR) is 131 cm³/mol. The summed E-state index contributed by atoms with van der Waals surface area (Å²) in [6, 6.07) is 11.2. The fourth-order valence-electron chi connectivity index (χ4n) is 4.96. The molecule has 0 spiro atoms. The van der Waals surface area contributed by atoms with E-state index in [2.05, 4.69) is 35.0 Å². The molecule has 5 rings (SSSR count). The average molecular weight is 463 g/mol.